The van der Waals surface area contributed by atoms with Gasteiger partial charge in [0, 0.05) is 11.6 Å². The molecule has 0 spiro atoms. The monoisotopic (exact) mass is 376 g/mol. The van der Waals surface area contributed by atoms with Gasteiger partial charge in [0.15, 0.2) is 0 Å². The average molecular weight is 377 g/mol. The number of carbonyl (C=O) groups excluding carboxylic acids is 2. The maximum atomic E-state index is 12.0. The molecular weight excluding hydrogens is 356 g/mol. The van der Waals surface area contributed by atoms with Crippen molar-refractivity contribution in [3.8, 4) is 0 Å². The minimum absolute atomic E-state index is 0.00415. The Morgan fingerprint density at radius 2 is 1.60 bits per heavy atom. The number of hydrogen-bond acceptors (Lipinski definition) is 3. The first-order valence-corrected chi connectivity index (χ1v) is 9.48. The van der Waals surface area contributed by atoms with Crippen molar-refractivity contribution in [2.75, 3.05) is 18.8 Å². The summed E-state index contributed by atoms with van der Waals surface area (Å²) in [6, 6.07) is 17.6. The molecule has 1 atom stereocenters. The fourth-order valence-corrected chi connectivity index (χ4v) is 3.54. The number of likely N-dealkylation sites (N-methyl/N-ethyl adjacent to an activating group) is 1. The Balaban J connectivity index is 2.01. The van der Waals surface area contributed by atoms with E-state index in [4.69, 9.17) is 11.6 Å². The second-order valence-corrected chi connectivity index (χ2v) is 6.91. The highest BCUT2D eigenvalue weighted by Crippen LogP contribution is 2.35. The van der Waals surface area contributed by atoms with Gasteiger partial charge in [0.05, 0.1) is 17.5 Å². The van der Waals surface area contributed by atoms with E-state index in [0.29, 0.717) is 11.6 Å². The van der Waals surface area contributed by atoms with Crippen molar-refractivity contribution in [1.29, 1.82) is 0 Å². The Morgan fingerprint density at radius 3 is 2.24 bits per heavy atom. The van der Waals surface area contributed by atoms with Crippen molar-refractivity contribution in [3.05, 3.63) is 70.7 Å². The molecule has 0 heterocycles. The zero-order valence-electron chi connectivity index (χ0n) is 14.0. The third kappa shape index (κ3) is 6.44. The molecule has 2 N–H and O–H groups in total. The lowest BCUT2D eigenvalue weighted by molar-refractivity contribution is -0.124. The van der Waals surface area contributed by atoms with Crippen LogP contribution in [0.3, 0.4) is 0 Å². The van der Waals surface area contributed by atoms with Gasteiger partial charge < -0.3 is 10.6 Å². The SMILES string of the molecule is CCNC(=O)CNC(=O)CS[C@H](c1ccccc1)c1ccc(Cl)cc1. The first kappa shape index (κ1) is 19.3. The predicted molar refractivity (Wildman–Crippen MR) is 104 cm³/mol. The summed E-state index contributed by atoms with van der Waals surface area (Å²) >= 11 is 7.50. The van der Waals surface area contributed by atoms with Crippen molar-refractivity contribution in [2.45, 2.75) is 12.2 Å². The summed E-state index contributed by atoms with van der Waals surface area (Å²) in [4.78, 5) is 23.5. The molecule has 2 aromatic rings. The molecule has 0 bridgehead atoms. The van der Waals surface area contributed by atoms with Crippen LogP contribution in [0.1, 0.15) is 23.3 Å². The molecule has 0 aliphatic rings. The zero-order valence-corrected chi connectivity index (χ0v) is 15.6. The molecule has 0 aliphatic heterocycles. The summed E-state index contributed by atoms with van der Waals surface area (Å²) in [6.07, 6.45) is 0. The van der Waals surface area contributed by atoms with Crippen molar-refractivity contribution in [1.82, 2.24) is 10.6 Å². The van der Waals surface area contributed by atoms with E-state index < -0.39 is 0 Å². The predicted octanol–water partition coefficient (Wildman–Crippen LogP) is 3.41. The van der Waals surface area contributed by atoms with Crippen molar-refractivity contribution >= 4 is 35.2 Å². The molecule has 0 saturated carbocycles. The minimum atomic E-state index is -0.182. The van der Waals surface area contributed by atoms with Crippen molar-refractivity contribution < 1.29 is 9.59 Å². The van der Waals surface area contributed by atoms with Crippen LogP contribution in [0.2, 0.25) is 5.02 Å². The molecule has 0 aromatic heterocycles. The van der Waals surface area contributed by atoms with Gasteiger partial charge in [0.1, 0.15) is 0 Å². The van der Waals surface area contributed by atoms with Crippen LogP contribution in [-0.4, -0.2) is 30.7 Å². The lowest BCUT2D eigenvalue weighted by Gasteiger charge is -2.17. The normalized spacial score (nSPS) is 11.6. The largest absolute Gasteiger partial charge is 0.355 e. The number of carbonyl (C=O) groups is 2. The van der Waals surface area contributed by atoms with Crippen LogP contribution >= 0.6 is 23.4 Å². The highest BCUT2D eigenvalue weighted by molar-refractivity contribution is 8.00. The molecule has 4 nitrogen and oxygen atoms in total. The van der Waals surface area contributed by atoms with Crippen molar-refractivity contribution in [3.63, 3.8) is 0 Å². The van der Waals surface area contributed by atoms with E-state index in [0.717, 1.165) is 11.1 Å². The molecule has 0 saturated heterocycles. The number of benzene rings is 2. The number of hydrogen-bond donors (Lipinski definition) is 2. The van der Waals surface area contributed by atoms with E-state index in [1.807, 2.05) is 61.5 Å². The first-order valence-electron chi connectivity index (χ1n) is 8.05. The van der Waals surface area contributed by atoms with Gasteiger partial charge in [-0.05, 0) is 30.2 Å². The maximum absolute atomic E-state index is 12.0. The number of halogens is 1. The number of rotatable bonds is 8. The molecule has 0 fully saturated rings. The molecule has 25 heavy (non-hydrogen) atoms. The molecule has 6 heteroatoms. The fraction of sp³-hybridized carbons (Fsp3) is 0.263. The summed E-state index contributed by atoms with van der Waals surface area (Å²) in [5, 5.41) is 5.99. The summed E-state index contributed by atoms with van der Waals surface area (Å²) in [5.41, 5.74) is 2.20. The Hall–Kier alpha value is -1.98. The van der Waals surface area contributed by atoms with Gasteiger partial charge in [0.25, 0.3) is 0 Å². The van der Waals surface area contributed by atoms with Crippen LogP contribution in [0, 0.1) is 0 Å². The van der Waals surface area contributed by atoms with Crippen LogP contribution in [0.5, 0.6) is 0 Å². The Bertz CT molecular complexity index is 692. The highest BCUT2D eigenvalue weighted by Gasteiger charge is 2.16. The third-order valence-corrected chi connectivity index (χ3v) is 5.03. The molecule has 2 aromatic carbocycles. The average Bonchev–Trinajstić information content (AvgIpc) is 2.63. The smallest absolute Gasteiger partial charge is 0.239 e. The van der Waals surface area contributed by atoms with E-state index in [1.165, 1.54) is 11.8 Å². The Morgan fingerprint density at radius 1 is 0.960 bits per heavy atom. The standard InChI is InChI=1S/C19H21ClN2O2S/c1-2-21-17(23)12-22-18(24)13-25-19(14-6-4-3-5-7-14)15-8-10-16(20)11-9-15/h3-11,19H,2,12-13H2,1H3,(H,21,23)(H,22,24)/t19-/m1/s1. The zero-order chi connectivity index (χ0) is 18.1. The molecule has 0 radical (unpaired) electrons. The van der Waals surface area contributed by atoms with Crippen LogP contribution in [0.25, 0.3) is 0 Å². The highest BCUT2D eigenvalue weighted by atomic mass is 35.5. The maximum Gasteiger partial charge on any atom is 0.239 e. The van der Waals surface area contributed by atoms with Crippen LogP contribution in [0.4, 0.5) is 0 Å². The molecule has 132 valence electrons. The third-order valence-electron chi connectivity index (χ3n) is 3.48. The lowest BCUT2D eigenvalue weighted by atomic mass is 10.0. The van der Waals surface area contributed by atoms with E-state index in [9.17, 15) is 9.59 Å². The second-order valence-electron chi connectivity index (χ2n) is 5.38. The van der Waals surface area contributed by atoms with Crippen LogP contribution in [0.15, 0.2) is 54.6 Å². The van der Waals surface area contributed by atoms with E-state index in [2.05, 4.69) is 10.6 Å². The summed E-state index contributed by atoms with van der Waals surface area (Å²) in [5.74, 6) is -0.0778. The van der Waals surface area contributed by atoms with Crippen LogP contribution < -0.4 is 10.6 Å². The van der Waals surface area contributed by atoms with Gasteiger partial charge in [-0.25, -0.2) is 0 Å². The van der Waals surface area contributed by atoms with Gasteiger partial charge in [-0.15, -0.1) is 11.8 Å². The molecule has 0 aliphatic carbocycles. The van der Waals surface area contributed by atoms with Crippen LogP contribution in [-0.2, 0) is 9.59 Å². The number of nitrogens with one attached hydrogen (secondary N) is 2. The fourth-order valence-electron chi connectivity index (χ4n) is 2.30. The van der Waals surface area contributed by atoms with Crippen molar-refractivity contribution in [2.24, 2.45) is 0 Å². The summed E-state index contributed by atoms with van der Waals surface area (Å²) in [7, 11) is 0. The first-order chi connectivity index (χ1) is 12.1. The molecular formula is C19H21ClN2O2S. The van der Waals surface area contributed by atoms with E-state index in [1.54, 1.807) is 0 Å². The Kier molecular flexibility index (Phi) is 7.82. The number of thioether (sulfide) groups is 1. The number of amides is 2. The van der Waals surface area contributed by atoms with E-state index >= 15 is 0 Å². The topological polar surface area (TPSA) is 58.2 Å². The van der Waals surface area contributed by atoms with Gasteiger partial charge in [0.2, 0.25) is 11.8 Å². The van der Waals surface area contributed by atoms with Gasteiger partial charge in [-0.3, -0.25) is 9.59 Å². The molecule has 2 rings (SSSR count). The molecule has 0 unspecified atom stereocenters. The quantitative estimate of drug-likeness (QED) is 0.742. The minimum Gasteiger partial charge on any atom is -0.355 e. The summed E-state index contributed by atoms with van der Waals surface area (Å²) < 4.78 is 0. The van der Waals surface area contributed by atoms with Gasteiger partial charge in [-0.1, -0.05) is 54.1 Å². The lowest BCUT2D eigenvalue weighted by Crippen LogP contribution is -2.37. The van der Waals surface area contributed by atoms with Gasteiger partial charge in [-0.2, -0.15) is 0 Å². The Labute approximate surface area is 157 Å². The van der Waals surface area contributed by atoms with E-state index in [-0.39, 0.29) is 29.4 Å². The van der Waals surface area contributed by atoms with Gasteiger partial charge >= 0.3 is 0 Å². The molecule has 2 amide bonds. The summed E-state index contributed by atoms with van der Waals surface area (Å²) in [6.45, 7) is 2.40. The second kappa shape index (κ2) is 10.1.